The molecule has 1 aromatic rings. The molecule has 110 valence electrons. The van der Waals surface area contributed by atoms with Crippen molar-refractivity contribution >= 4 is 5.91 Å². The van der Waals surface area contributed by atoms with Gasteiger partial charge in [0.15, 0.2) is 6.29 Å². The zero-order chi connectivity index (χ0) is 14.2. The second-order valence-corrected chi connectivity index (χ2v) is 4.66. The number of carbonyl (C=O) groups is 1. The fourth-order valence-electron chi connectivity index (χ4n) is 2.08. The number of amides is 1. The summed E-state index contributed by atoms with van der Waals surface area (Å²) in [6.45, 7) is 1.88. The fraction of sp³-hybridized carbons (Fsp3) is 0.533. The van der Waals surface area contributed by atoms with E-state index in [4.69, 9.17) is 14.2 Å². The average molecular weight is 279 g/mol. The van der Waals surface area contributed by atoms with Gasteiger partial charge in [0, 0.05) is 19.4 Å². The van der Waals surface area contributed by atoms with Crippen molar-refractivity contribution in [3.63, 3.8) is 0 Å². The molecule has 0 bridgehead atoms. The van der Waals surface area contributed by atoms with Gasteiger partial charge in [0.05, 0.1) is 20.3 Å². The van der Waals surface area contributed by atoms with Gasteiger partial charge in [0.25, 0.3) is 0 Å². The second kappa shape index (κ2) is 7.87. The Labute approximate surface area is 119 Å². The third-order valence-corrected chi connectivity index (χ3v) is 3.17. The quantitative estimate of drug-likeness (QED) is 0.822. The molecule has 1 aliphatic heterocycles. The van der Waals surface area contributed by atoms with E-state index in [-0.39, 0.29) is 12.2 Å². The smallest absolute Gasteiger partial charge is 0.220 e. The number of nitrogens with one attached hydrogen (secondary N) is 1. The van der Waals surface area contributed by atoms with E-state index < -0.39 is 0 Å². The molecule has 0 atom stereocenters. The van der Waals surface area contributed by atoms with Crippen LogP contribution in [0.3, 0.4) is 0 Å². The maximum absolute atomic E-state index is 11.7. The van der Waals surface area contributed by atoms with Crippen LogP contribution in [-0.2, 0) is 20.7 Å². The van der Waals surface area contributed by atoms with Crippen LogP contribution in [0.15, 0.2) is 24.3 Å². The summed E-state index contributed by atoms with van der Waals surface area (Å²) >= 11 is 0. The number of hydrogen-bond donors (Lipinski definition) is 1. The summed E-state index contributed by atoms with van der Waals surface area (Å²) < 4.78 is 15.8. The first-order valence-corrected chi connectivity index (χ1v) is 6.91. The molecule has 1 fully saturated rings. The van der Waals surface area contributed by atoms with E-state index in [0.29, 0.717) is 39.0 Å². The lowest BCUT2D eigenvalue weighted by Crippen LogP contribution is -2.27. The number of benzene rings is 1. The van der Waals surface area contributed by atoms with E-state index in [0.717, 1.165) is 11.3 Å². The maximum Gasteiger partial charge on any atom is 0.220 e. The fourth-order valence-corrected chi connectivity index (χ4v) is 2.08. The molecule has 5 heteroatoms. The molecule has 1 N–H and O–H groups in total. The lowest BCUT2D eigenvalue weighted by Gasteiger charge is -2.10. The largest absolute Gasteiger partial charge is 0.497 e. The van der Waals surface area contributed by atoms with Gasteiger partial charge in [0.2, 0.25) is 5.91 Å². The van der Waals surface area contributed by atoms with Gasteiger partial charge in [-0.15, -0.1) is 0 Å². The van der Waals surface area contributed by atoms with Crippen LogP contribution in [0.25, 0.3) is 0 Å². The Kier molecular flexibility index (Phi) is 5.83. The zero-order valence-electron chi connectivity index (χ0n) is 11.8. The Bertz CT molecular complexity index is 430. The molecule has 0 unspecified atom stereocenters. The van der Waals surface area contributed by atoms with Crippen molar-refractivity contribution in [1.29, 1.82) is 0 Å². The number of carbonyl (C=O) groups excluding carboxylic acids is 1. The van der Waals surface area contributed by atoms with Crippen LogP contribution in [0, 0.1) is 0 Å². The summed E-state index contributed by atoms with van der Waals surface area (Å²) in [6, 6.07) is 7.77. The standard InChI is InChI=1S/C15H21NO4/c1-18-13-4-2-3-12(11-13)5-6-14(17)16-8-7-15-19-9-10-20-15/h2-4,11,15H,5-10H2,1H3,(H,16,17). The first kappa shape index (κ1) is 14.8. The molecular weight excluding hydrogens is 258 g/mol. The number of methoxy groups -OCH3 is 1. The monoisotopic (exact) mass is 279 g/mol. The highest BCUT2D eigenvalue weighted by Gasteiger charge is 2.15. The van der Waals surface area contributed by atoms with E-state index in [9.17, 15) is 4.79 Å². The predicted molar refractivity (Wildman–Crippen MR) is 74.6 cm³/mol. The minimum atomic E-state index is -0.159. The highest BCUT2D eigenvalue weighted by molar-refractivity contribution is 5.76. The molecule has 20 heavy (non-hydrogen) atoms. The van der Waals surface area contributed by atoms with Crippen LogP contribution in [0.5, 0.6) is 5.75 Å². The van der Waals surface area contributed by atoms with Gasteiger partial charge in [-0.05, 0) is 24.1 Å². The second-order valence-electron chi connectivity index (χ2n) is 4.66. The minimum absolute atomic E-state index is 0.0471. The van der Waals surface area contributed by atoms with Crippen molar-refractivity contribution in [3.05, 3.63) is 29.8 Å². The molecule has 1 amide bonds. The number of ether oxygens (including phenoxy) is 3. The van der Waals surface area contributed by atoms with Gasteiger partial charge in [-0.1, -0.05) is 12.1 Å². The van der Waals surface area contributed by atoms with Gasteiger partial charge < -0.3 is 19.5 Å². The van der Waals surface area contributed by atoms with Gasteiger partial charge in [-0.3, -0.25) is 4.79 Å². The Balaban J connectivity index is 1.63. The van der Waals surface area contributed by atoms with Gasteiger partial charge >= 0.3 is 0 Å². The maximum atomic E-state index is 11.7. The van der Waals surface area contributed by atoms with Gasteiger partial charge in [0.1, 0.15) is 5.75 Å². The number of aryl methyl sites for hydroxylation is 1. The summed E-state index contributed by atoms with van der Waals surface area (Å²) in [5.41, 5.74) is 1.10. The summed E-state index contributed by atoms with van der Waals surface area (Å²) in [4.78, 5) is 11.7. The van der Waals surface area contributed by atoms with Crippen molar-refractivity contribution in [1.82, 2.24) is 5.32 Å². The molecule has 1 saturated heterocycles. The van der Waals surface area contributed by atoms with E-state index in [1.165, 1.54) is 0 Å². The van der Waals surface area contributed by atoms with Crippen molar-refractivity contribution in [3.8, 4) is 5.75 Å². The lowest BCUT2D eigenvalue weighted by molar-refractivity contribution is -0.121. The third kappa shape index (κ3) is 4.83. The van der Waals surface area contributed by atoms with Crippen LogP contribution < -0.4 is 10.1 Å². The molecule has 0 spiro atoms. The highest BCUT2D eigenvalue weighted by atomic mass is 16.7. The normalized spacial score (nSPS) is 15.2. The van der Waals surface area contributed by atoms with E-state index in [1.54, 1.807) is 7.11 Å². The van der Waals surface area contributed by atoms with Crippen molar-refractivity contribution in [2.24, 2.45) is 0 Å². The highest BCUT2D eigenvalue weighted by Crippen LogP contribution is 2.13. The first-order valence-electron chi connectivity index (χ1n) is 6.91. The summed E-state index contributed by atoms with van der Waals surface area (Å²) in [5.74, 6) is 0.865. The van der Waals surface area contributed by atoms with Crippen LogP contribution in [0.2, 0.25) is 0 Å². The molecular formula is C15H21NO4. The summed E-state index contributed by atoms with van der Waals surface area (Å²) in [6.07, 6.45) is 1.72. The Morgan fingerprint density at radius 2 is 2.20 bits per heavy atom. The van der Waals surface area contributed by atoms with E-state index >= 15 is 0 Å². The molecule has 0 radical (unpaired) electrons. The number of rotatable bonds is 7. The Morgan fingerprint density at radius 1 is 1.40 bits per heavy atom. The summed E-state index contributed by atoms with van der Waals surface area (Å²) in [5, 5.41) is 2.88. The topological polar surface area (TPSA) is 56.8 Å². The van der Waals surface area contributed by atoms with E-state index in [2.05, 4.69) is 5.32 Å². The molecule has 1 aliphatic rings. The Morgan fingerprint density at radius 3 is 2.95 bits per heavy atom. The number of hydrogen-bond acceptors (Lipinski definition) is 4. The minimum Gasteiger partial charge on any atom is -0.497 e. The Hall–Kier alpha value is -1.59. The molecule has 0 aromatic heterocycles. The van der Waals surface area contributed by atoms with Gasteiger partial charge in [-0.25, -0.2) is 0 Å². The van der Waals surface area contributed by atoms with Crippen molar-refractivity contribution in [2.45, 2.75) is 25.6 Å². The SMILES string of the molecule is COc1cccc(CCC(=O)NCCC2OCCO2)c1. The van der Waals surface area contributed by atoms with Crippen molar-refractivity contribution in [2.75, 3.05) is 26.9 Å². The van der Waals surface area contributed by atoms with Crippen LogP contribution in [-0.4, -0.2) is 39.1 Å². The van der Waals surface area contributed by atoms with Gasteiger partial charge in [-0.2, -0.15) is 0 Å². The summed E-state index contributed by atoms with van der Waals surface area (Å²) in [7, 11) is 1.64. The molecule has 2 rings (SSSR count). The zero-order valence-corrected chi connectivity index (χ0v) is 11.8. The average Bonchev–Trinajstić information content (AvgIpc) is 2.98. The van der Waals surface area contributed by atoms with Crippen LogP contribution in [0.4, 0.5) is 0 Å². The van der Waals surface area contributed by atoms with Crippen LogP contribution >= 0.6 is 0 Å². The predicted octanol–water partition coefficient (Wildman–Crippen LogP) is 1.51. The van der Waals surface area contributed by atoms with Crippen LogP contribution in [0.1, 0.15) is 18.4 Å². The molecule has 1 aromatic carbocycles. The van der Waals surface area contributed by atoms with E-state index in [1.807, 2.05) is 24.3 Å². The third-order valence-electron chi connectivity index (χ3n) is 3.17. The molecule has 0 saturated carbocycles. The molecule has 5 nitrogen and oxygen atoms in total. The molecule has 0 aliphatic carbocycles. The first-order chi connectivity index (χ1) is 9.78. The van der Waals surface area contributed by atoms with Crippen molar-refractivity contribution < 1.29 is 19.0 Å². The molecule has 1 heterocycles. The lowest BCUT2D eigenvalue weighted by atomic mass is 10.1.